The highest BCUT2D eigenvalue weighted by Crippen LogP contribution is 2.09. The maximum Gasteiger partial charge on any atom is 0.189 e. The molecule has 0 rings (SSSR count). The Balaban J connectivity index is 4.14. The van der Waals surface area contributed by atoms with Gasteiger partial charge in [-0.2, -0.15) is 0 Å². The first-order valence-corrected chi connectivity index (χ1v) is 3.35. The van der Waals surface area contributed by atoms with E-state index in [0.717, 1.165) is 0 Å². The Hall–Kier alpha value is -1.06. The van der Waals surface area contributed by atoms with Gasteiger partial charge in [-0.25, -0.2) is 0 Å². The number of rotatable bonds is 3. The number of Topliss-reactive ketones (excluding diaryl/α,β-unsaturated/α-hetero) is 1. The number of amidine groups is 1. The molecule has 0 fully saturated rings. The van der Waals surface area contributed by atoms with E-state index in [1.807, 2.05) is 0 Å². The van der Waals surface area contributed by atoms with E-state index in [9.17, 15) is 4.79 Å². The Morgan fingerprint density at radius 1 is 1.45 bits per heavy atom. The third kappa shape index (κ3) is 3.60. The molecule has 4 heteroatoms. The summed E-state index contributed by atoms with van der Waals surface area (Å²) in [5.74, 6) is 0.224. The number of nitrogens with two attached hydrogens (primary N) is 1. The summed E-state index contributed by atoms with van der Waals surface area (Å²) in [7, 11) is 0. The van der Waals surface area contributed by atoms with Crippen molar-refractivity contribution in [3.63, 3.8) is 0 Å². The van der Waals surface area contributed by atoms with E-state index >= 15 is 0 Å². The van der Waals surface area contributed by atoms with Gasteiger partial charge in [0.2, 0.25) is 0 Å². The van der Waals surface area contributed by atoms with Crippen molar-refractivity contribution in [1.29, 1.82) is 0 Å². The molecule has 0 atom stereocenters. The van der Waals surface area contributed by atoms with Gasteiger partial charge in [-0.15, -0.1) is 0 Å². The first kappa shape index (κ1) is 9.94. The van der Waals surface area contributed by atoms with Gasteiger partial charge in [0.05, 0.1) is 0 Å². The molecular weight excluding hydrogens is 144 g/mol. The number of oxime groups is 1. The van der Waals surface area contributed by atoms with Crippen LogP contribution in [0.25, 0.3) is 0 Å². The number of ketones is 1. The molecule has 0 amide bonds. The minimum Gasteiger partial charge on any atom is -0.385 e. The summed E-state index contributed by atoms with van der Waals surface area (Å²) in [6.45, 7) is 6.32. The molecule has 0 bridgehead atoms. The van der Waals surface area contributed by atoms with Gasteiger partial charge in [-0.1, -0.05) is 5.16 Å². The van der Waals surface area contributed by atoms with Gasteiger partial charge in [-0.3, -0.25) is 4.79 Å². The number of carbonyl (C=O) groups excluding carboxylic acids is 1. The van der Waals surface area contributed by atoms with Crippen LogP contribution in [0, 0.1) is 0 Å². The largest absolute Gasteiger partial charge is 0.385 e. The average molecular weight is 158 g/mol. The molecule has 0 aliphatic heterocycles. The van der Waals surface area contributed by atoms with Crippen molar-refractivity contribution in [2.75, 3.05) is 0 Å². The highest BCUT2D eigenvalue weighted by molar-refractivity contribution is 5.84. The molecule has 0 saturated carbocycles. The van der Waals surface area contributed by atoms with Crippen LogP contribution in [0.5, 0.6) is 0 Å². The molecule has 0 aliphatic rings. The van der Waals surface area contributed by atoms with Crippen molar-refractivity contribution in [3.8, 4) is 0 Å². The lowest BCUT2D eigenvalue weighted by Crippen LogP contribution is -2.31. The summed E-state index contributed by atoms with van der Waals surface area (Å²) in [6.07, 6.45) is 0. The van der Waals surface area contributed by atoms with Crippen LogP contribution in [0.3, 0.4) is 0 Å². The van der Waals surface area contributed by atoms with Gasteiger partial charge in [0.1, 0.15) is 5.84 Å². The molecule has 0 aromatic heterocycles. The molecule has 64 valence electrons. The fraction of sp³-hybridized carbons (Fsp3) is 0.714. The van der Waals surface area contributed by atoms with E-state index in [1.54, 1.807) is 20.8 Å². The lowest BCUT2D eigenvalue weighted by molar-refractivity contribution is -0.137. The van der Waals surface area contributed by atoms with Gasteiger partial charge >= 0.3 is 0 Å². The Morgan fingerprint density at radius 3 is 2.18 bits per heavy atom. The van der Waals surface area contributed by atoms with E-state index in [-0.39, 0.29) is 5.78 Å². The van der Waals surface area contributed by atoms with Crippen LogP contribution < -0.4 is 5.73 Å². The van der Waals surface area contributed by atoms with Gasteiger partial charge in [0.25, 0.3) is 0 Å². The maximum atomic E-state index is 10.8. The average Bonchev–Trinajstić information content (AvgIpc) is 1.84. The first-order chi connectivity index (χ1) is 4.86. The zero-order valence-electron chi connectivity index (χ0n) is 7.34. The fourth-order valence-corrected chi connectivity index (χ4v) is 0.250. The second-order valence-electron chi connectivity index (χ2n) is 2.89. The molecule has 0 radical (unpaired) electrons. The van der Waals surface area contributed by atoms with Crippen molar-refractivity contribution in [2.24, 2.45) is 10.9 Å². The summed E-state index contributed by atoms with van der Waals surface area (Å²) in [6, 6.07) is 0. The standard InChI is InChI=1S/C7H14N2O2/c1-5(10)7(3,4)11-9-6(2)8/h1-4H3,(H2,8,9). The van der Waals surface area contributed by atoms with Crippen LogP contribution >= 0.6 is 0 Å². The summed E-state index contributed by atoms with van der Waals surface area (Å²) in [4.78, 5) is 15.7. The van der Waals surface area contributed by atoms with E-state index in [2.05, 4.69) is 5.16 Å². The molecule has 0 aromatic rings. The minimum absolute atomic E-state index is 0.0810. The summed E-state index contributed by atoms with van der Waals surface area (Å²) in [5, 5.41) is 3.49. The van der Waals surface area contributed by atoms with Crippen LogP contribution in [0.2, 0.25) is 0 Å². The number of hydrogen-bond donors (Lipinski definition) is 1. The lowest BCUT2D eigenvalue weighted by Gasteiger charge is -2.17. The third-order valence-corrected chi connectivity index (χ3v) is 1.27. The second kappa shape index (κ2) is 3.37. The van der Waals surface area contributed by atoms with Crippen LogP contribution in [0.15, 0.2) is 5.16 Å². The number of nitrogens with zero attached hydrogens (tertiary/aromatic N) is 1. The van der Waals surface area contributed by atoms with Crippen LogP contribution in [-0.4, -0.2) is 17.2 Å². The molecule has 0 aliphatic carbocycles. The third-order valence-electron chi connectivity index (χ3n) is 1.27. The SMILES string of the molecule is CC(=O)C(C)(C)ON=C(C)N. The van der Waals surface area contributed by atoms with Crippen molar-refractivity contribution >= 4 is 11.6 Å². The molecule has 0 heterocycles. The highest BCUT2D eigenvalue weighted by Gasteiger charge is 2.25. The van der Waals surface area contributed by atoms with Crippen molar-refractivity contribution in [3.05, 3.63) is 0 Å². The predicted molar refractivity (Wildman–Crippen MR) is 43.1 cm³/mol. The molecule has 11 heavy (non-hydrogen) atoms. The maximum absolute atomic E-state index is 10.8. The Kier molecular flexibility index (Phi) is 3.04. The number of carbonyl (C=O) groups is 1. The zero-order chi connectivity index (χ0) is 9.07. The zero-order valence-corrected chi connectivity index (χ0v) is 7.34. The topological polar surface area (TPSA) is 64.7 Å². The Labute approximate surface area is 66.4 Å². The molecule has 0 unspecified atom stereocenters. The molecule has 2 N–H and O–H groups in total. The lowest BCUT2D eigenvalue weighted by atomic mass is 10.1. The Bertz CT molecular complexity index is 181. The quantitative estimate of drug-likeness (QED) is 0.373. The molecule has 0 aromatic carbocycles. The van der Waals surface area contributed by atoms with E-state index in [4.69, 9.17) is 10.6 Å². The highest BCUT2D eigenvalue weighted by atomic mass is 16.7. The first-order valence-electron chi connectivity index (χ1n) is 3.35. The predicted octanol–water partition coefficient (Wildman–Crippen LogP) is 0.663. The summed E-state index contributed by atoms with van der Waals surface area (Å²) in [5.41, 5.74) is 4.34. The van der Waals surface area contributed by atoms with E-state index in [1.165, 1.54) is 6.92 Å². The monoisotopic (exact) mass is 158 g/mol. The summed E-state index contributed by atoms with van der Waals surface area (Å²) >= 11 is 0. The minimum atomic E-state index is -0.874. The molecule has 4 nitrogen and oxygen atoms in total. The smallest absolute Gasteiger partial charge is 0.189 e. The van der Waals surface area contributed by atoms with Crippen LogP contribution in [0.1, 0.15) is 27.7 Å². The van der Waals surface area contributed by atoms with E-state index < -0.39 is 5.60 Å². The Morgan fingerprint density at radius 2 is 1.91 bits per heavy atom. The van der Waals surface area contributed by atoms with E-state index in [0.29, 0.717) is 5.84 Å². The molecule has 0 saturated heterocycles. The second-order valence-corrected chi connectivity index (χ2v) is 2.89. The van der Waals surface area contributed by atoms with Crippen molar-refractivity contribution < 1.29 is 9.63 Å². The van der Waals surface area contributed by atoms with Gasteiger partial charge < -0.3 is 10.6 Å². The van der Waals surface area contributed by atoms with Crippen molar-refractivity contribution in [2.45, 2.75) is 33.3 Å². The van der Waals surface area contributed by atoms with Gasteiger partial charge in [0.15, 0.2) is 11.4 Å². The van der Waals surface area contributed by atoms with Gasteiger partial charge in [0, 0.05) is 0 Å². The number of hydrogen-bond acceptors (Lipinski definition) is 3. The van der Waals surface area contributed by atoms with Gasteiger partial charge in [-0.05, 0) is 27.7 Å². The molecule has 0 spiro atoms. The van der Waals surface area contributed by atoms with Crippen molar-refractivity contribution in [1.82, 2.24) is 0 Å². The fourth-order valence-electron chi connectivity index (χ4n) is 0.250. The summed E-state index contributed by atoms with van der Waals surface area (Å²) < 4.78 is 0. The van der Waals surface area contributed by atoms with Crippen LogP contribution in [-0.2, 0) is 9.63 Å². The van der Waals surface area contributed by atoms with Crippen LogP contribution in [0.4, 0.5) is 0 Å². The normalized spacial score (nSPS) is 12.9. The molecular formula is C7H14N2O2.